The second-order valence-corrected chi connectivity index (χ2v) is 3.25. The lowest BCUT2D eigenvalue weighted by molar-refractivity contribution is -0.138. The summed E-state index contributed by atoms with van der Waals surface area (Å²) in [5.41, 5.74) is 1.35. The Morgan fingerprint density at radius 3 is 2.44 bits per heavy atom. The summed E-state index contributed by atoms with van der Waals surface area (Å²) in [5, 5.41) is 18.2. The van der Waals surface area contributed by atoms with Crippen molar-refractivity contribution in [2.24, 2.45) is 0 Å². The van der Waals surface area contributed by atoms with Gasteiger partial charge in [-0.25, -0.2) is 4.98 Å². The fourth-order valence-electron chi connectivity index (χ4n) is 0.917. The molecule has 1 amide bonds. The van der Waals surface area contributed by atoms with Gasteiger partial charge in [0.25, 0.3) is 0 Å². The summed E-state index contributed by atoms with van der Waals surface area (Å²) in [6.45, 7) is 3.50. The van der Waals surface area contributed by atoms with Crippen molar-refractivity contribution in [3.05, 3.63) is 11.4 Å². The van der Waals surface area contributed by atoms with Crippen LogP contribution >= 0.6 is 0 Å². The van der Waals surface area contributed by atoms with Crippen molar-refractivity contribution in [1.82, 2.24) is 15.2 Å². The number of nitrogens with one attached hydrogen (secondary N) is 1. The molecular weight excluding hydrogens is 212 g/mol. The van der Waals surface area contributed by atoms with Gasteiger partial charge in [-0.2, -0.15) is 5.10 Å². The topological polar surface area (TPSA) is 105 Å². The fourth-order valence-corrected chi connectivity index (χ4v) is 0.917. The average molecular weight is 224 g/mol. The molecular formula is C9H12N4O3. The molecule has 0 aliphatic carbocycles. The number of amides is 1. The smallest absolute Gasteiger partial charge is 0.303 e. The molecule has 16 heavy (non-hydrogen) atoms. The molecule has 0 radical (unpaired) electrons. The minimum absolute atomic E-state index is 0.0958. The largest absolute Gasteiger partial charge is 0.481 e. The predicted octanol–water partition coefficient (Wildman–Crippen LogP) is 0.292. The first-order chi connectivity index (χ1) is 7.49. The second-order valence-electron chi connectivity index (χ2n) is 3.25. The standard InChI is InChI=1S/C9H12N4O3/c1-5-6(2)12-13-9(10-5)11-7(14)3-4-8(15)16/h3-4H2,1-2H3,(H,15,16)(H,10,11,13,14). The average Bonchev–Trinajstić information content (AvgIpc) is 2.21. The second kappa shape index (κ2) is 5.15. The van der Waals surface area contributed by atoms with Gasteiger partial charge in [0.15, 0.2) is 0 Å². The number of carboxylic acids is 1. The van der Waals surface area contributed by atoms with E-state index in [1.54, 1.807) is 13.8 Å². The van der Waals surface area contributed by atoms with E-state index in [1.807, 2.05) is 0 Å². The molecule has 0 saturated heterocycles. The van der Waals surface area contributed by atoms with Gasteiger partial charge in [-0.15, -0.1) is 5.10 Å². The number of carbonyl (C=O) groups is 2. The Hall–Kier alpha value is -2.05. The summed E-state index contributed by atoms with van der Waals surface area (Å²) in [7, 11) is 0. The molecule has 0 aliphatic rings. The number of aryl methyl sites for hydroxylation is 2. The first-order valence-corrected chi connectivity index (χ1v) is 4.68. The van der Waals surface area contributed by atoms with Crippen LogP contribution in [0.15, 0.2) is 0 Å². The van der Waals surface area contributed by atoms with Crippen LogP contribution in [-0.4, -0.2) is 32.2 Å². The van der Waals surface area contributed by atoms with Gasteiger partial charge >= 0.3 is 5.97 Å². The van der Waals surface area contributed by atoms with Crippen molar-refractivity contribution >= 4 is 17.8 Å². The Kier molecular flexibility index (Phi) is 3.87. The summed E-state index contributed by atoms with van der Waals surface area (Å²) >= 11 is 0. The molecule has 1 heterocycles. The zero-order chi connectivity index (χ0) is 12.1. The van der Waals surface area contributed by atoms with E-state index in [0.717, 1.165) is 0 Å². The van der Waals surface area contributed by atoms with Gasteiger partial charge in [0.05, 0.1) is 17.8 Å². The Bertz CT molecular complexity index is 419. The molecule has 86 valence electrons. The van der Waals surface area contributed by atoms with Crippen molar-refractivity contribution in [2.45, 2.75) is 26.7 Å². The SMILES string of the molecule is Cc1nnc(NC(=O)CCC(=O)O)nc1C. The third kappa shape index (κ3) is 3.60. The highest BCUT2D eigenvalue weighted by atomic mass is 16.4. The van der Waals surface area contributed by atoms with Crippen molar-refractivity contribution in [3.63, 3.8) is 0 Å². The fraction of sp³-hybridized carbons (Fsp3) is 0.444. The third-order valence-corrected chi connectivity index (χ3v) is 1.91. The molecule has 0 aromatic carbocycles. The number of carbonyl (C=O) groups excluding carboxylic acids is 1. The lowest BCUT2D eigenvalue weighted by Gasteiger charge is -2.03. The van der Waals surface area contributed by atoms with Crippen LogP contribution in [0.1, 0.15) is 24.2 Å². The lowest BCUT2D eigenvalue weighted by Crippen LogP contribution is -2.16. The molecule has 0 aliphatic heterocycles. The van der Waals surface area contributed by atoms with Gasteiger partial charge < -0.3 is 5.11 Å². The van der Waals surface area contributed by atoms with Crippen molar-refractivity contribution in [3.8, 4) is 0 Å². The molecule has 0 atom stereocenters. The zero-order valence-corrected chi connectivity index (χ0v) is 9.02. The molecule has 0 saturated carbocycles. The van der Waals surface area contributed by atoms with E-state index in [9.17, 15) is 9.59 Å². The number of carboxylic acid groups (broad SMARTS) is 1. The van der Waals surface area contributed by atoms with Crippen LogP contribution in [-0.2, 0) is 9.59 Å². The van der Waals surface area contributed by atoms with E-state index in [0.29, 0.717) is 11.4 Å². The van der Waals surface area contributed by atoms with E-state index < -0.39 is 11.9 Å². The van der Waals surface area contributed by atoms with Crippen molar-refractivity contribution in [2.75, 3.05) is 5.32 Å². The number of rotatable bonds is 4. The number of nitrogens with zero attached hydrogens (tertiary/aromatic N) is 3. The van der Waals surface area contributed by atoms with Crippen LogP contribution in [0, 0.1) is 13.8 Å². The van der Waals surface area contributed by atoms with Crippen molar-refractivity contribution in [1.29, 1.82) is 0 Å². The first kappa shape index (κ1) is 12.0. The maximum atomic E-state index is 11.2. The lowest BCUT2D eigenvalue weighted by atomic mass is 10.3. The summed E-state index contributed by atoms with van der Waals surface area (Å²) in [4.78, 5) is 25.4. The minimum Gasteiger partial charge on any atom is -0.481 e. The summed E-state index contributed by atoms with van der Waals surface area (Å²) < 4.78 is 0. The third-order valence-electron chi connectivity index (χ3n) is 1.91. The van der Waals surface area contributed by atoms with Crippen LogP contribution in [0.25, 0.3) is 0 Å². The van der Waals surface area contributed by atoms with E-state index in [-0.39, 0.29) is 18.8 Å². The van der Waals surface area contributed by atoms with Crippen LogP contribution in [0.5, 0.6) is 0 Å². The Morgan fingerprint density at radius 1 is 1.19 bits per heavy atom. The van der Waals surface area contributed by atoms with Gasteiger partial charge in [0.2, 0.25) is 11.9 Å². The van der Waals surface area contributed by atoms with E-state index in [1.165, 1.54) is 0 Å². The van der Waals surface area contributed by atoms with E-state index >= 15 is 0 Å². The molecule has 7 heteroatoms. The number of hydrogen-bond acceptors (Lipinski definition) is 5. The van der Waals surface area contributed by atoms with E-state index in [2.05, 4.69) is 20.5 Å². The minimum atomic E-state index is -1.02. The number of aromatic nitrogens is 3. The molecule has 0 spiro atoms. The van der Waals surface area contributed by atoms with Crippen LogP contribution in [0.4, 0.5) is 5.95 Å². The van der Waals surface area contributed by atoms with Crippen molar-refractivity contribution < 1.29 is 14.7 Å². The Morgan fingerprint density at radius 2 is 1.88 bits per heavy atom. The summed E-state index contributed by atoms with van der Waals surface area (Å²) in [5.74, 6) is -1.36. The van der Waals surface area contributed by atoms with Gasteiger partial charge in [0.1, 0.15) is 0 Å². The number of anilines is 1. The maximum absolute atomic E-state index is 11.2. The number of hydrogen-bond donors (Lipinski definition) is 2. The molecule has 0 bridgehead atoms. The zero-order valence-electron chi connectivity index (χ0n) is 9.02. The molecule has 0 unspecified atom stereocenters. The van der Waals surface area contributed by atoms with E-state index in [4.69, 9.17) is 5.11 Å². The summed E-state index contributed by atoms with van der Waals surface area (Å²) in [6, 6.07) is 0. The van der Waals surface area contributed by atoms with Gasteiger partial charge in [-0.1, -0.05) is 0 Å². The molecule has 7 nitrogen and oxygen atoms in total. The highest BCUT2D eigenvalue weighted by Crippen LogP contribution is 2.02. The number of aliphatic carboxylic acids is 1. The van der Waals surface area contributed by atoms with Crippen LogP contribution < -0.4 is 5.32 Å². The normalized spacial score (nSPS) is 9.88. The van der Waals surface area contributed by atoms with Gasteiger partial charge in [-0.05, 0) is 13.8 Å². The maximum Gasteiger partial charge on any atom is 0.303 e. The highest BCUT2D eigenvalue weighted by molar-refractivity contribution is 5.90. The monoisotopic (exact) mass is 224 g/mol. The molecule has 1 aromatic rings. The first-order valence-electron chi connectivity index (χ1n) is 4.68. The summed E-state index contributed by atoms with van der Waals surface area (Å²) in [6.07, 6.45) is -0.324. The van der Waals surface area contributed by atoms with Crippen LogP contribution in [0.3, 0.4) is 0 Å². The Balaban J connectivity index is 2.56. The van der Waals surface area contributed by atoms with Gasteiger partial charge in [0, 0.05) is 6.42 Å². The van der Waals surface area contributed by atoms with Gasteiger partial charge in [-0.3, -0.25) is 14.9 Å². The Labute approximate surface area is 91.9 Å². The van der Waals surface area contributed by atoms with Crippen LogP contribution in [0.2, 0.25) is 0 Å². The quantitative estimate of drug-likeness (QED) is 0.761. The highest BCUT2D eigenvalue weighted by Gasteiger charge is 2.08. The molecule has 2 N–H and O–H groups in total. The molecule has 1 rings (SSSR count). The molecule has 0 fully saturated rings. The predicted molar refractivity (Wildman–Crippen MR) is 54.8 cm³/mol. The molecule has 1 aromatic heterocycles.